The molecule has 0 unspecified atom stereocenters. The van der Waals surface area contributed by atoms with E-state index in [2.05, 4.69) is 10.3 Å². The Morgan fingerprint density at radius 1 is 1.25 bits per heavy atom. The second kappa shape index (κ2) is 5.48. The van der Waals surface area contributed by atoms with E-state index < -0.39 is 17.8 Å². The van der Waals surface area contributed by atoms with E-state index in [-0.39, 0.29) is 16.8 Å². The average Bonchev–Trinajstić information content (AvgIpc) is 2.41. The van der Waals surface area contributed by atoms with Gasteiger partial charge in [-0.05, 0) is 36.8 Å². The van der Waals surface area contributed by atoms with E-state index in [9.17, 15) is 14.0 Å². The maximum Gasteiger partial charge on any atom is 0.336 e. The Bertz CT molecular complexity index is 686. The predicted molar refractivity (Wildman–Crippen MR) is 70.3 cm³/mol. The Morgan fingerprint density at radius 3 is 2.65 bits per heavy atom. The van der Waals surface area contributed by atoms with E-state index >= 15 is 0 Å². The zero-order valence-electron chi connectivity index (χ0n) is 10.6. The molecule has 0 aliphatic rings. The van der Waals surface area contributed by atoms with Gasteiger partial charge in [0.15, 0.2) is 0 Å². The van der Waals surface area contributed by atoms with Gasteiger partial charge in [0.05, 0.1) is 11.1 Å². The first-order chi connectivity index (χ1) is 9.49. The number of nitrogens with zero attached hydrogens (tertiary/aromatic N) is 1. The molecule has 0 saturated carbocycles. The van der Waals surface area contributed by atoms with E-state index in [0.29, 0.717) is 5.56 Å². The summed E-state index contributed by atoms with van der Waals surface area (Å²) in [7, 11) is 0. The van der Waals surface area contributed by atoms with Crippen molar-refractivity contribution in [2.45, 2.75) is 6.92 Å². The van der Waals surface area contributed by atoms with Gasteiger partial charge in [-0.3, -0.25) is 4.79 Å². The first-order valence-corrected chi connectivity index (χ1v) is 5.75. The fraction of sp³-hybridized carbons (Fsp3) is 0.0714. The third kappa shape index (κ3) is 2.80. The molecule has 0 aliphatic carbocycles. The Labute approximate surface area is 114 Å². The highest BCUT2D eigenvalue weighted by Gasteiger charge is 2.14. The lowest BCUT2D eigenvalue weighted by atomic mass is 10.1. The fourth-order valence-electron chi connectivity index (χ4n) is 1.68. The average molecular weight is 274 g/mol. The first-order valence-electron chi connectivity index (χ1n) is 5.75. The minimum absolute atomic E-state index is 0.0782. The number of hydrogen-bond acceptors (Lipinski definition) is 3. The maximum atomic E-state index is 13.3. The van der Waals surface area contributed by atoms with Crippen molar-refractivity contribution >= 4 is 17.6 Å². The second-order valence-corrected chi connectivity index (χ2v) is 4.13. The predicted octanol–water partition coefficient (Wildman–Crippen LogP) is 2.48. The molecule has 6 heteroatoms. The molecule has 2 rings (SSSR count). The fourth-order valence-corrected chi connectivity index (χ4v) is 1.68. The number of pyridine rings is 1. The smallest absolute Gasteiger partial charge is 0.336 e. The van der Waals surface area contributed by atoms with Crippen LogP contribution in [0, 0.1) is 12.9 Å². The molecule has 1 heterocycles. The van der Waals surface area contributed by atoms with Crippen molar-refractivity contribution in [3.63, 3.8) is 0 Å². The standard InChI is InChI=1S/C14H11FN2O3/c1-8-4-5-9(7-11(8)14(19)20)17-13(18)10-3-2-6-16-12(10)15/h2-7H,1H3,(H,17,18)(H,19,20). The molecule has 5 nitrogen and oxygen atoms in total. The quantitative estimate of drug-likeness (QED) is 0.843. The summed E-state index contributed by atoms with van der Waals surface area (Å²) < 4.78 is 13.3. The molecule has 1 amide bonds. The van der Waals surface area contributed by atoms with Crippen LogP contribution in [0.1, 0.15) is 26.3 Å². The highest BCUT2D eigenvalue weighted by molar-refractivity contribution is 6.04. The van der Waals surface area contributed by atoms with E-state index in [1.165, 1.54) is 24.4 Å². The lowest BCUT2D eigenvalue weighted by molar-refractivity contribution is 0.0695. The van der Waals surface area contributed by atoms with Gasteiger partial charge in [0.25, 0.3) is 5.91 Å². The van der Waals surface area contributed by atoms with Crippen LogP contribution in [-0.4, -0.2) is 22.0 Å². The molecule has 2 aromatic rings. The first kappa shape index (κ1) is 13.7. The number of aromatic nitrogens is 1. The van der Waals surface area contributed by atoms with Crippen LogP contribution < -0.4 is 5.32 Å². The summed E-state index contributed by atoms with van der Waals surface area (Å²) in [5.74, 6) is -2.66. The van der Waals surface area contributed by atoms with Gasteiger partial charge >= 0.3 is 5.97 Å². The zero-order valence-corrected chi connectivity index (χ0v) is 10.6. The van der Waals surface area contributed by atoms with Crippen molar-refractivity contribution in [3.05, 3.63) is 59.2 Å². The van der Waals surface area contributed by atoms with Gasteiger partial charge in [0.1, 0.15) is 0 Å². The van der Waals surface area contributed by atoms with Crippen molar-refractivity contribution in [1.29, 1.82) is 0 Å². The molecule has 1 aromatic carbocycles. The highest BCUT2D eigenvalue weighted by atomic mass is 19.1. The number of rotatable bonds is 3. The molecule has 0 aliphatic heterocycles. The lowest BCUT2D eigenvalue weighted by Crippen LogP contribution is -2.15. The van der Waals surface area contributed by atoms with E-state index in [4.69, 9.17) is 5.11 Å². The van der Waals surface area contributed by atoms with Gasteiger partial charge in [-0.2, -0.15) is 4.39 Å². The number of aromatic carboxylic acids is 1. The zero-order chi connectivity index (χ0) is 14.7. The molecule has 0 saturated heterocycles. The van der Waals surface area contributed by atoms with E-state index in [1.807, 2.05) is 0 Å². The van der Waals surface area contributed by atoms with Crippen molar-refractivity contribution in [3.8, 4) is 0 Å². The lowest BCUT2D eigenvalue weighted by Gasteiger charge is -2.08. The van der Waals surface area contributed by atoms with Gasteiger partial charge < -0.3 is 10.4 Å². The van der Waals surface area contributed by atoms with Crippen LogP contribution in [0.5, 0.6) is 0 Å². The Hall–Kier alpha value is -2.76. The van der Waals surface area contributed by atoms with Gasteiger partial charge in [0, 0.05) is 11.9 Å². The van der Waals surface area contributed by atoms with Gasteiger partial charge in [-0.15, -0.1) is 0 Å². The molecule has 102 valence electrons. The summed E-state index contributed by atoms with van der Waals surface area (Å²) in [4.78, 5) is 26.2. The SMILES string of the molecule is Cc1ccc(NC(=O)c2cccnc2F)cc1C(=O)O. The normalized spacial score (nSPS) is 10.1. The van der Waals surface area contributed by atoms with E-state index in [1.54, 1.807) is 19.1 Å². The number of hydrogen-bond donors (Lipinski definition) is 2. The van der Waals surface area contributed by atoms with Crippen molar-refractivity contribution in [2.24, 2.45) is 0 Å². The maximum absolute atomic E-state index is 13.3. The molecular formula is C14H11FN2O3. The largest absolute Gasteiger partial charge is 0.478 e. The summed E-state index contributed by atoms with van der Waals surface area (Å²) in [5, 5.41) is 11.4. The molecule has 0 radical (unpaired) electrons. The van der Waals surface area contributed by atoms with Crippen LogP contribution in [0.2, 0.25) is 0 Å². The Balaban J connectivity index is 2.27. The summed E-state index contributed by atoms with van der Waals surface area (Å²) in [6.07, 6.45) is 1.24. The van der Waals surface area contributed by atoms with Crippen LogP contribution in [0.15, 0.2) is 36.5 Å². The monoisotopic (exact) mass is 274 g/mol. The van der Waals surface area contributed by atoms with Crippen LogP contribution in [-0.2, 0) is 0 Å². The number of anilines is 1. The van der Waals surface area contributed by atoms with Gasteiger partial charge in [0.2, 0.25) is 5.95 Å². The number of carboxylic acids is 1. The number of amides is 1. The third-order valence-corrected chi connectivity index (χ3v) is 2.73. The Kier molecular flexibility index (Phi) is 3.74. The van der Waals surface area contributed by atoms with Gasteiger partial charge in [-0.1, -0.05) is 6.07 Å². The number of carbonyl (C=O) groups is 2. The number of nitrogens with one attached hydrogen (secondary N) is 1. The number of carboxylic acid groups (broad SMARTS) is 1. The topological polar surface area (TPSA) is 79.3 Å². The van der Waals surface area contributed by atoms with E-state index in [0.717, 1.165) is 0 Å². The van der Waals surface area contributed by atoms with Crippen molar-refractivity contribution < 1.29 is 19.1 Å². The molecular weight excluding hydrogens is 263 g/mol. The molecule has 2 N–H and O–H groups in total. The second-order valence-electron chi connectivity index (χ2n) is 4.13. The summed E-state index contributed by atoms with van der Waals surface area (Å²) in [6, 6.07) is 7.18. The molecule has 0 atom stereocenters. The Morgan fingerprint density at radius 2 is 2.00 bits per heavy atom. The van der Waals surface area contributed by atoms with Crippen LogP contribution >= 0.6 is 0 Å². The van der Waals surface area contributed by atoms with Crippen LogP contribution in [0.3, 0.4) is 0 Å². The van der Waals surface area contributed by atoms with Crippen molar-refractivity contribution in [2.75, 3.05) is 5.32 Å². The molecule has 0 fully saturated rings. The summed E-state index contributed by atoms with van der Waals surface area (Å²) >= 11 is 0. The molecule has 1 aromatic heterocycles. The molecule has 0 spiro atoms. The number of benzene rings is 1. The number of aryl methyl sites for hydroxylation is 1. The molecule has 0 bridgehead atoms. The minimum Gasteiger partial charge on any atom is -0.478 e. The van der Waals surface area contributed by atoms with Crippen LogP contribution in [0.25, 0.3) is 0 Å². The molecule has 20 heavy (non-hydrogen) atoms. The number of halogens is 1. The summed E-state index contributed by atoms with van der Waals surface area (Å²) in [5.41, 5.74) is 0.726. The van der Waals surface area contributed by atoms with Crippen LogP contribution in [0.4, 0.5) is 10.1 Å². The highest BCUT2D eigenvalue weighted by Crippen LogP contribution is 2.16. The minimum atomic E-state index is -1.09. The van der Waals surface area contributed by atoms with Crippen molar-refractivity contribution in [1.82, 2.24) is 4.98 Å². The van der Waals surface area contributed by atoms with Gasteiger partial charge in [-0.25, -0.2) is 9.78 Å². The number of carbonyl (C=O) groups excluding carboxylic acids is 1. The third-order valence-electron chi connectivity index (χ3n) is 2.73. The summed E-state index contributed by atoms with van der Waals surface area (Å²) in [6.45, 7) is 1.65.